The molecule has 4 aromatic rings. The summed E-state index contributed by atoms with van der Waals surface area (Å²) in [7, 11) is 1.55. The number of pyridine rings is 2. The van der Waals surface area contributed by atoms with Gasteiger partial charge < -0.3 is 36.1 Å². The Bertz CT molecular complexity index is 2020. The lowest BCUT2D eigenvalue weighted by Gasteiger charge is -2.26. The van der Waals surface area contributed by atoms with Crippen LogP contribution in [0.3, 0.4) is 0 Å². The Morgan fingerprint density at radius 3 is 2.16 bits per heavy atom. The number of piperazine rings is 2. The molecule has 2 fully saturated rings. The molecule has 0 radical (unpaired) electrons. The quantitative estimate of drug-likeness (QED) is 0.0981. The first-order valence-corrected chi connectivity index (χ1v) is 19.4. The lowest BCUT2D eigenvalue weighted by Crippen LogP contribution is -2.49. The van der Waals surface area contributed by atoms with E-state index >= 15 is 0 Å². The second kappa shape index (κ2) is 20.1. The summed E-state index contributed by atoms with van der Waals surface area (Å²) in [4.78, 5) is 49.5. The smallest absolute Gasteiger partial charge is 0.274 e. The van der Waals surface area contributed by atoms with Crippen molar-refractivity contribution in [2.75, 3.05) is 77.9 Å². The summed E-state index contributed by atoms with van der Waals surface area (Å²) >= 11 is 20.4. The fourth-order valence-electron chi connectivity index (χ4n) is 6.31. The Morgan fingerprint density at radius 1 is 0.857 bits per heavy atom. The van der Waals surface area contributed by atoms with Crippen molar-refractivity contribution in [2.45, 2.75) is 19.7 Å². The topological polar surface area (TPSA) is 162 Å². The Kier molecular flexibility index (Phi) is 14.7. The number of methoxy groups -OCH3 is 1. The number of amides is 3. The number of hydrogen-bond acceptors (Lipinski definition) is 11. The van der Waals surface area contributed by atoms with Crippen LogP contribution in [0, 0.1) is 0 Å². The molecule has 2 aromatic carbocycles. The third-order valence-corrected chi connectivity index (χ3v) is 10.4. The molecule has 17 heteroatoms. The summed E-state index contributed by atoms with van der Waals surface area (Å²) in [6.07, 6.45) is 1.66. The molecule has 6 rings (SSSR count). The third kappa shape index (κ3) is 11.1. The van der Waals surface area contributed by atoms with Crippen molar-refractivity contribution in [2.24, 2.45) is 0 Å². The number of ether oxygens (including phenoxy) is 2. The number of nitrogens with zero attached hydrogens (tertiary/aromatic N) is 4. The first-order chi connectivity index (χ1) is 27.2. The van der Waals surface area contributed by atoms with Gasteiger partial charge in [-0.1, -0.05) is 65.1 Å². The molecule has 4 heterocycles. The normalized spacial score (nSPS) is 14.9. The molecule has 0 aliphatic carbocycles. The van der Waals surface area contributed by atoms with Crippen molar-refractivity contribution >= 4 is 58.2 Å². The van der Waals surface area contributed by atoms with Crippen LogP contribution in [0.1, 0.15) is 27.3 Å². The van der Waals surface area contributed by atoms with Crippen molar-refractivity contribution in [1.82, 2.24) is 41.0 Å². The zero-order chi connectivity index (χ0) is 39.4. The van der Waals surface area contributed by atoms with Gasteiger partial charge >= 0.3 is 0 Å². The van der Waals surface area contributed by atoms with Gasteiger partial charge in [-0.25, -0.2) is 4.98 Å². The number of aromatic nitrogens is 2. The summed E-state index contributed by atoms with van der Waals surface area (Å²) in [6, 6.07) is 15.9. The van der Waals surface area contributed by atoms with Crippen LogP contribution in [0.25, 0.3) is 11.1 Å². The van der Waals surface area contributed by atoms with Gasteiger partial charge in [-0.2, -0.15) is 0 Å². The van der Waals surface area contributed by atoms with Crippen molar-refractivity contribution in [3.05, 3.63) is 98.4 Å². The van der Waals surface area contributed by atoms with Crippen molar-refractivity contribution < 1.29 is 23.9 Å². The van der Waals surface area contributed by atoms with Crippen LogP contribution in [-0.4, -0.2) is 110 Å². The molecule has 14 nitrogen and oxygen atoms in total. The van der Waals surface area contributed by atoms with Crippen LogP contribution in [0.2, 0.25) is 15.1 Å². The van der Waals surface area contributed by atoms with E-state index in [0.717, 1.165) is 43.9 Å². The molecule has 0 saturated carbocycles. The van der Waals surface area contributed by atoms with E-state index < -0.39 is 5.91 Å². The molecule has 0 atom stereocenters. The van der Waals surface area contributed by atoms with E-state index in [2.05, 4.69) is 46.4 Å². The van der Waals surface area contributed by atoms with Crippen LogP contribution in [0.4, 0.5) is 5.69 Å². The SMILES string of the molecule is COc1nc(COc2cccc(-c3cccc(NC(=O)c4ccc(CNCCN5CCNC(=O)C5)cn4)c3Cl)c2Cl)c(Cl)cc1CNCCN1CCNC(=O)C1. The van der Waals surface area contributed by atoms with Gasteiger partial charge in [0.15, 0.2) is 0 Å². The summed E-state index contributed by atoms with van der Waals surface area (Å²) in [6.45, 7) is 7.80. The van der Waals surface area contributed by atoms with Gasteiger partial charge in [0, 0.05) is 88.3 Å². The second-order valence-electron chi connectivity index (χ2n) is 13.3. The van der Waals surface area contributed by atoms with Gasteiger partial charge in [-0.15, -0.1) is 0 Å². The summed E-state index contributed by atoms with van der Waals surface area (Å²) in [5.74, 6) is 0.489. The average molecular weight is 825 g/mol. The van der Waals surface area contributed by atoms with Gasteiger partial charge in [0.2, 0.25) is 17.7 Å². The number of benzene rings is 2. The van der Waals surface area contributed by atoms with E-state index in [4.69, 9.17) is 44.3 Å². The summed E-state index contributed by atoms with van der Waals surface area (Å²) < 4.78 is 11.7. The average Bonchev–Trinajstić information content (AvgIpc) is 3.19. The number of halogens is 3. The molecule has 296 valence electrons. The zero-order valence-corrected chi connectivity index (χ0v) is 33.2. The maximum Gasteiger partial charge on any atom is 0.274 e. The van der Waals surface area contributed by atoms with E-state index in [0.29, 0.717) is 95.0 Å². The number of carbonyl (C=O) groups excluding carboxylic acids is 3. The number of carbonyl (C=O) groups is 3. The molecule has 5 N–H and O–H groups in total. The van der Waals surface area contributed by atoms with Crippen molar-refractivity contribution in [3.8, 4) is 22.8 Å². The van der Waals surface area contributed by atoms with Gasteiger partial charge in [0.1, 0.15) is 23.7 Å². The molecule has 2 saturated heterocycles. The van der Waals surface area contributed by atoms with Crippen molar-refractivity contribution in [3.63, 3.8) is 0 Å². The highest BCUT2D eigenvalue weighted by atomic mass is 35.5. The van der Waals surface area contributed by atoms with Gasteiger partial charge in [0.25, 0.3) is 5.91 Å². The molecule has 3 amide bonds. The van der Waals surface area contributed by atoms with Gasteiger partial charge in [-0.05, 0) is 29.8 Å². The highest BCUT2D eigenvalue weighted by Gasteiger charge is 2.20. The molecule has 0 bridgehead atoms. The van der Waals surface area contributed by atoms with E-state index in [-0.39, 0.29) is 24.1 Å². The maximum absolute atomic E-state index is 13.2. The molecule has 56 heavy (non-hydrogen) atoms. The van der Waals surface area contributed by atoms with E-state index in [1.54, 1.807) is 49.7 Å². The van der Waals surface area contributed by atoms with Crippen molar-refractivity contribution in [1.29, 1.82) is 0 Å². The lowest BCUT2D eigenvalue weighted by molar-refractivity contribution is -0.124. The number of anilines is 1. The molecule has 2 aliphatic rings. The van der Waals surface area contributed by atoms with Crippen LogP contribution >= 0.6 is 34.8 Å². The predicted octanol–water partition coefficient (Wildman–Crippen LogP) is 3.99. The maximum atomic E-state index is 13.2. The van der Waals surface area contributed by atoms with Gasteiger partial charge in [-0.3, -0.25) is 29.2 Å². The Morgan fingerprint density at radius 2 is 1.52 bits per heavy atom. The predicted molar refractivity (Wildman–Crippen MR) is 217 cm³/mol. The third-order valence-electron chi connectivity index (χ3n) is 9.29. The minimum absolute atomic E-state index is 0.0213. The highest BCUT2D eigenvalue weighted by molar-refractivity contribution is 6.39. The minimum atomic E-state index is -0.412. The molecular weight excluding hydrogens is 781 g/mol. The fraction of sp³-hybridized carbons (Fsp3) is 0.359. The first-order valence-electron chi connectivity index (χ1n) is 18.3. The zero-order valence-electron chi connectivity index (χ0n) is 30.9. The molecule has 0 spiro atoms. The molecule has 2 aromatic heterocycles. The largest absolute Gasteiger partial charge is 0.486 e. The monoisotopic (exact) mass is 823 g/mol. The minimum Gasteiger partial charge on any atom is -0.486 e. The van der Waals surface area contributed by atoms with Gasteiger partial charge in [0.05, 0.1) is 41.0 Å². The highest BCUT2D eigenvalue weighted by Crippen LogP contribution is 2.41. The summed E-state index contributed by atoms with van der Waals surface area (Å²) in [5.41, 5.74) is 4.02. The molecule has 0 unspecified atom stereocenters. The lowest BCUT2D eigenvalue weighted by atomic mass is 10.0. The second-order valence-corrected chi connectivity index (χ2v) is 14.4. The number of rotatable bonds is 17. The fourth-order valence-corrected chi connectivity index (χ4v) is 7.09. The molecule has 2 aliphatic heterocycles. The van der Waals surface area contributed by atoms with Crippen LogP contribution in [0.15, 0.2) is 60.8 Å². The molecular formula is C39H44Cl3N9O5. The van der Waals surface area contributed by atoms with E-state index in [1.807, 2.05) is 18.2 Å². The van der Waals surface area contributed by atoms with Crippen LogP contribution in [0.5, 0.6) is 11.6 Å². The standard InChI is InChI=1S/C39H44Cl3N9O5/c1-55-39-26(21-44-11-15-51-17-13-46-35(53)23-51)18-29(40)32(49-39)24-56-33-7-3-5-28(37(33)42)27-4-2-6-30(36(27)41)48-38(54)31-9-8-25(20-47-31)19-43-10-14-50-16-12-45-34(52)22-50/h2-9,18,20,43-44H,10-17,19,21-24H2,1H3,(H,45,52)(H,46,53)(H,48,54). The van der Waals surface area contributed by atoms with Crippen LogP contribution < -0.4 is 36.1 Å². The Balaban J connectivity index is 1.03. The van der Waals surface area contributed by atoms with E-state index in [1.165, 1.54) is 0 Å². The Labute approximate surface area is 340 Å². The number of hydrogen-bond donors (Lipinski definition) is 5. The number of nitrogens with one attached hydrogen (secondary N) is 5. The van der Waals surface area contributed by atoms with E-state index in [9.17, 15) is 14.4 Å². The summed E-state index contributed by atoms with van der Waals surface area (Å²) in [5, 5.41) is 16.3. The Hall–Kier alpha value is -4.54. The van der Waals surface area contributed by atoms with Crippen LogP contribution in [-0.2, 0) is 29.3 Å². The first kappa shape index (κ1) is 41.1.